The molecular formula is C19H22F2N2O3S. The van der Waals surface area contributed by atoms with Gasteiger partial charge >= 0.3 is 0 Å². The van der Waals surface area contributed by atoms with Gasteiger partial charge in [-0.15, -0.1) is 0 Å². The molecule has 0 N–H and O–H groups in total. The summed E-state index contributed by atoms with van der Waals surface area (Å²) in [5, 5.41) is 0. The highest BCUT2D eigenvalue weighted by molar-refractivity contribution is 7.89. The molecule has 0 aromatic heterocycles. The fourth-order valence-electron chi connectivity index (χ4n) is 3.12. The van der Waals surface area contributed by atoms with Crippen LogP contribution >= 0.6 is 0 Å². The average Bonchev–Trinajstić information content (AvgIpc) is 2.90. The second-order valence-electron chi connectivity index (χ2n) is 6.46. The van der Waals surface area contributed by atoms with Crippen LogP contribution in [0.5, 0.6) is 5.75 Å². The molecule has 1 aliphatic heterocycles. The second kappa shape index (κ2) is 8.33. The van der Waals surface area contributed by atoms with Crippen molar-refractivity contribution in [2.24, 2.45) is 0 Å². The van der Waals surface area contributed by atoms with Crippen molar-refractivity contribution in [3.63, 3.8) is 0 Å². The molecule has 5 nitrogen and oxygen atoms in total. The minimum absolute atomic E-state index is 0.218. The zero-order valence-corrected chi connectivity index (χ0v) is 15.9. The Labute approximate surface area is 158 Å². The lowest BCUT2D eigenvalue weighted by Crippen LogP contribution is -2.35. The normalized spacial score (nSPS) is 16.9. The van der Waals surface area contributed by atoms with Crippen molar-refractivity contribution in [2.45, 2.75) is 17.9 Å². The molecular weight excluding hydrogens is 374 g/mol. The molecule has 0 radical (unpaired) electrons. The van der Waals surface area contributed by atoms with Gasteiger partial charge in [0.15, 0.2) is 11.6 Å². The zero-order valence-electron chi connectivity index (χ0n) is 15.1. The van der Waals surface area contributed by atoms with Crippen molar-refractivity contribution < 1.29 is 21.9 Å². The molecule has 1 saturated heterocycles. The standard InChI is InChI=1S/C19H22F2N2O3S/c1-26-16-5-3-15(4-6-16)14-22-9-2-10-23(12-11-22)27(24,25)17-7-8-18(20)19(21)13-17/h3-8,13H,2,9-12,14H2,1H3. The first-order valence-corrected chi connectivity index (χ1v) is 10.1. The van der Waals surface area contributed by atoms with Crippen LogP contribution in [0.15, 0.2) is 47.4 Å². The molecule has 0 atom stereocenters. The van der Waals surface area contributed by atoms with E-state index >= 15 is 0 Å². The Kier molecular flexibility index (Phi) is 6.08. The Morgan fingerprint density at radius 1 is 0.963 bits per heavy atom. The van der Waals surface area contributed by atoms with Crippen molar-refractivity contribution in [2.75, 3.05) is 33.3 Å². The van der Waals surface area contributed by atoms with Gasteiger partial charge in [-0.05, 0) is 48.9 Å². The summed E-state index contributed by atoms with van der Waals surface area (Å²) in [6.07, 6.45) is 0.666. The summed E-state index contributed by atoms with van der Waals surface area (Å²) in [5.74, 6) is -1.43. The van der Waals surface area contributed by atoms with E-state index in [0.717, 1.165) is 36.1 Å². The van der Waals surface area contributed by atoms with Crippen molar-refractivity contribution >= 4 is 10.0 Å². The van der Waals surface area contributed by atoms with E-state index in [-0.39, 0.29) is 4.90 Å². The van der Waals surface area contributed by atoms with Gasteiger partial charge in [0.1, 0.15) is 5.75 Å². The van der Waals surface area contributed by atoms with Crippen molar-refractivity contribution in [3.8, 4) is 5.75 Å². The average molecular weight is 396 g/mol. The van der Waals surface area contributed by atoms with Crippen LogP contribution in [0.25, 0.3) is 0 Å². The van der Waals surface area contributed by atoms with Crippen LogP contribution in [-0.4, -0.2) is 50.9 Å². The fourth-order valence-corrected chi connectivity index (χ4v) is 4.60. The van der Waals surface area contributed by atoms with Crippen LogP contribution in [0.2, 0.25) is 0 Å². The van der Waals surface area contributed by atoms with Gasteiger partial charge in [0, 0.05) is 26.2 Å². The summed E-state index contributed by atoms with van der Waals surface area (Å²) >= 11 is 0. The van der Waals surface area contributed by atoms with Gasteiger partial charge < -0.3 is 4.74 Å². The van der Waals surface area contributed by atoms with E-state index in [1.54, 1.807) is 7.11 Å². The highest BCUT2D eigenvalue weighted by Crippen LogP contribution is 2.21. The Morgan fingerprint density at radius 2 is 1.70 bits per heavy atom. The van der Waals surface area contributed by atoms with Crippen LogP contribution in [0.4, 0.5) is 8.78 Å². The van der Waals surface area contributed by atoms with Crippen molar-refractivity contribution in [1.29, 1.82) is 0 Å². The first-order chi connectivity index (χ1) is 12.9. The van der Waals surface area contributed by atoms with E-state index in [1.165, 1.54) is 4.31 Å². The van der Waals surface area contributed by atoms with Gasteiger partial charge in [0.2, 0.25) is 10.0 Å². The monoisotopic (exact) mass is 396 g/mol. The first kappa shape index (κ1) is 19.7. The SMILES string of the molecule is COc1ccc(CN2CCCN(S(=O)(=O)c3ccc(F)c(F)c3)CC2)cc1. The maximum Gasteiger partial charge on any atom is 0.243 e. The van der Waals surface area contributed by atoms with Crippen molar-refractivity contribution in [3.05, 3.63) is 59.7 Å². The van der Waals surface area contributed by atoms with Crippen LogP contribution in [0.1, 0.15) is 12.0 Å². The zero-order chi connectivity index (χ0) is 19.4. The maximum atomic E-state index is 13.4. The molecule has 27 heavy (non-hydrogen) atoms. The van der Waals surface area contributed by atoms with Gasteiger partial charge in [-0.1, -0.05) is 12.1 Å². The van der Waals surface area contributed by atoms with E-state index in [1.807, 2.05) is 24.3 Å². The topological polar surface area (TPSA) is 49.9 Å². The summed E-state index contributed by atoms with van der Waals surface area (Å²) in [4.78, 5) is 1.97. The molecule has 1 aliphatic rings. The molecule has 0 saturated carbocycles. The number of halogens is 2. The Morgan fingerprint density at radius 3 is 2.37 bits per heavy atom. The van der Waals surface area contributed by atoms with E-state index in [0.29, 0.717) is 32.6 Å². The number of hydrogen-bond donors (Lipinski definition) is 0. The number of nitrogens with zero attached hydrogens (tertiary/aromatic N) is 2. The molecule has 1 fully saturated rings. The third-order valence-corrected chi connectivity index (χ3v) is 6.54. The van der Waals surface area contributed by atoms with Crippen LogP contribution in [0, 0.1) is 11.6 Å². The highest BCUT2D eigenvalue weighted by Gasteiger charge is 2.27. The third-order valence-electron chi connectivity index (χ3n) is 4.64. The Hall–Kier alpha value is -2.03. The number of ether oxygens (including phenoxy) is 1. The van der Waals surface area contributed by atoms with Gasteiger partial charge in [-0.3, -0.25) is 4.90 Å². The summed E-state index contributed by atoms with van der Waals surface area (Å²) in [7, 11) is -2.23. The van der Waals surface area contributed by atoms with Crippen LogP contribution < -0.4 is 4.74 Å². The third kappa shape index (κ3) is 4.63. The fraction of sp³-hybridized carbons (Fsp3) is 0.368. The molecule has 0 bridgehead atoms. The first-order valence-electron chi connectivity index (χ1n) is 8.70. The minimum Gasteiger partial charge on any atom is -0.497 e. The summed E-state index contributed by atoms with van der Waals surface area (Å²) in [6.45, 7) is 2.69. The molecule has 0 unspecified atom stereocenters. The predicted molar refractivity (Wildman–Crippen MR) is 98.0 cm³/mol. The molecule has 8 heteroatoms. The largest absolute Gasteiger partial charge is 0.497 e. The number of sulfonamides is 1. The number of methoxy groups -OCH3 is 1. The van der Waals surface area contributed by atoms with Gasteiger partial charge in [0.25, 0.3) is 0 Å². The second-order valence-corrected chi connectivity index (χ2v) is 8.40. The van der Waals surface area contributed by atoms with Gasteiger partial charge in [-0.2, -0.15) is 4.31 Å². The summed E-state index contributed by atoms with van der Waals surface area (Å²) in [6, 6.07) is 10.5. The molecule has 0 aliphatic carbocycles. The van der Waals surface area contributed by atoms with E-state index in [9.17, 15) is 17.2 Å². The minimum atomic E-state index is -3.85. The van der Waals surface area contributed by atoms with Gasteiger partial charge in [0.05, 0.1) is 12.0 Å². The van der Waals surface area contributed by atoms with Crippen LogP contribution in [-0.2, 0) is 16.6 Å². The molecule has 0 spiro atoms. The molecule has 1 heterocycles. The van der Waals surface area contributed by atoms with Crippen molar-refractivity contribution in [1.82, 2.24) is 9.21 Å². The molecule has 146 valence electrons. The molecule has 2 aromatic carbocycles. The quantitative estimate of drug-likeness (QED) is 0.780. The van der Waals surface area contributed by atoms with E-state index in [2.05, 4.69) is 4.90 Å². The van der Waals surface area contributed by atoms with Crippen LogP contribution in [0.3, 0.4) is 0 Å². The Bertz CT molecular complexity index is 888. The molecule has 3 rings (SSSR count). The molecule has 2 aromatic rings. The predicted octanol–water partition coefficient (Wildman–Crippen LogP) is 2.87. The maximum absolute atomic E-state index is 13.4. The molecule has 0 amide bonds. The lowest BCUT2D eigenvalue weighted by Gasteiger charge is -2.22. The Balaban J connectivity index is 1.67. The lowest BCUT2D eigenvalue weighted by atomic mass is 10.2. The smallest absolute Gasteiger partial charge is 0.243 e. The number of benzene rings is 2. The summed E-state index contributed by atoms with van der Waals surface area (Å²) in [5.41, 5.74) is 1.12. The van der Waals surface area contributed by atoms with E-state index < -0.39 is 21.7 Å². The highest BCUT2D eigenvalue weighted by atomic mass is 32.2. The van der Waals surface area contributed by atoms with E-state index in [4.69, 9.17) is 4.74 Å². The lowest BCUT2D eigenvalue weighted by molar-refractivity contribution is 0.278. The number of rotatable bonds is 5. The number of hydrogen-bond acceptors (Lipinski definition) is 4. The van der Waals surface area contributed by atoms with Gasteiger partial charge in [-0.25, -0.2) is 17.2 Å². The summed E-state index contributed by atoms with van der Waals surface area (Å²) < 4.78 is 58.5.